The Balaban J connectivity index is 1.71. The molecule has 1 atom stereocenters. The molecule has 28 heavy (non-hydrogen) atoms. The summed E-state index contributed by atoms with van der Waals surface area (Å²) in [5.74, 6) is -0.827. The topological polar surface area (TPSA) is 111 Å². The Morgan fingerprint density at radius 2 is 1.79 bits per heavy atom. The fourth-order valence-electron chi connectivity index (χ4n) is 3.21. The van der Waals surface area contributed by atoms with E-state index in [4.69, 9.17) is 14.2 Å². The number of amides is 1. The fourth-order valence-corrected chi connectivity index (χ4v) is 3.21. The zero-order valence-corrected chi connectivity index (χ0v) is 15.9. The van der Waals surface area contributed by atoms with Crippen molar-refractivity contribution < 1.29 is 28.7 Å². The van der Waals surface area contributed by atoms with Gasteiger partial charge in [0, 0.05) is 32.2 Å². The predicted octanol–water partition coefficient (Wildman–Crippen LogP) is 1.08. The molecule has 0 spiro atoms. The van der Waals surface area contributed by atoms with E-state index in [1.54, 1.807) is 4.90 Å². The Morgan fingerprint density at radius 1 is 1.18 bits per heavy atom. The van der Waals surface area contributed by atoms with Crippen molar-refractivity contribution in [2.45, 2.75) is 20.0 Å². The largest absolute Gasteiger partial charge is 0.486 e. The van der Waals surface area contributed by atoms with Crippen LogP contribution in [0.2, 0.25) is 0 Å². The van der Waals surface area contributed by atoms with Gasteiger partial charge in [-0.3, -0.25) is 14.9 Å². The summed E-state index contributed by atoms with van der Waals surface area (Å²) in [5, 5.41) is 11.4. The van der Waals surface area contributed by atoms with Gasteiger partial charge in [-0.25, -0.2) is 4.79 Å². The summed E-state index contributed by atoms with van der Waals surface area (Å²) < 4.78 is 15.9. The van der Waals surface area contributed by atoms with Crippen LogP contribution in [-0.4, -0.2) is 78.6 Å². The Hall–Kier alpha value is -2.88. The molecule has 0 radical (unpaired) electrons. The summed E-state index contributed by atoms with van der Waals surface area (Å²) in [6.45, 7) is 7.62. The Labute approximate surface area is 162 Å². The lowest BCUT2D eigenvalue weighted by Gasteiger charge is -2.35. The smallest absolute Gasteiger partial charge is 0.346 e. The molecule has 0 unspecified atom stereocenters. The number of rotatable bonds is 5. The molecular formula is C18H23N3O7. The first-order chi connectivity index (χ1) is 13.4. The molecule has 1 aromatic carbocycles. The minimum absolute atomic E-state index is 0.201. The zero-order valence-electron chi connectivity index (χ0n) is 15.9. The van der Waals surface area contributed by atoms with Crippen LogP contribution in [0, 0.1) is 10.1 Å². The maximum atomic E-state index is 12.6. The number of esters is 1. The molecule has 0 aromatic heterocycles. The van der Waals surface area contributed by atoms with Crippen molar-refractivity contribution in [1.29, 1.82) is 0 Å². The fraction of sp³-hybridized carbons (Fsp3) is 0.556. The van der Waals surface area contributed by atoms with Gasteiger partial charge >= 0.3 is 5.97 Å². The molecule has 1 aromatic rings. The zero-order chi connectivity index (χ0) is 20.3. The van der Waals surface area contributed by atoms with Gasteiger partial charge in [-0.05, 0) is 13.5 Å². The lowest BCUT2D eigenvalue weighted by Crippen LogP contribution is -2.51. The van der Waals surface area contributed by atoms with Crippen LogP contribution in [0.5, 0.6) is 11.5 Å². The van der Waals surface area contributed by atoms with Gasteiger partial charge in [-0.2, -0.15) is 0 Å². The highest BCUT2D eigenvalue weighted by Gasteiger charge is 2.31. The van der Waals surface area contributed by atoms with Crippen LogP contribution in [-0.2, 0) is 9.53 Å². The number of piperazine rings is 1. The lowest BCUT2D eigenvalue weighted by atomic mass is 10.1. The summed E-state index contributed by atoms with van der Waals surface area (Å²) in [5.41, 5.74) is -0.727. The summed E-state index contributed by atoms with van der Waals surface area (Å²) in [6.07, 6.45) is -1.05. The number of nitro groups is 1. The van der Waals surface area contributed by atoms with E-state index in [9.17, 15) is 19.7 Å². The van der Waals surface area contributed by atoms with Crippen molar-refractivity contribution in [3.8, 4) is 11.5 Å². The number of hydrogen-bond acceptors (Lipinski definition) is 8. The number of ether oxygens (including phenoxy) is 3. The number of carbonyl (C=O) groups excluding carboxylic acids is 2. The first kappa shape index (κ1) is 19.9. The molecule has 10 nitrogen and oxygen atoms in total. The number of fused-ring (bicyclic) bond motifs is 1. The number of hydrogen-bond donors (Lipinski definition) is 0. The van der Waals surface area contributed by atoms with Crippen molar-refractivity contribution >= 4 is 17.6 Å². The predicted molar refractivity (Wildman–Crippen MR) is 97.7 cm³/mol. The van der Waals surface area contributed by atoms with Crippen molar-refractivity contribution in [1.82, 2.24) is 9.80 Å². The summed E-state index contributed by atoms with van der Waals surface area (Å²) in [7, 11) is 0. The third kappa shape index (κ3) is 4.16. The standard InChI is InChI=1S/C18H23N3O7/c1-3-19-4-6-20(7-5-19)17(22)12(2)28-18(23)13-10-15-16(27-9-8-26-15)11-14(13)21(24)25/h10-12H,3-9H2,1-2H3/t12-/m1/s1. The lowest BCUT2D eigenvalue weighted by molar-refractivity contribution is -0.385. The number of benzene rings is 1. The molecule has 0 N–H and O–H groups in total. The highest BCUT2D eigenvalue weighted by Crippen LogP contribution is 2.37. The van der Waals surface area contributed by atoms with E-state index in [1.165, 1.54) is 13.0 Å². The molecule has 1 saturated heterocycles. The quantitative estimate of drug-likeness (QED) is 0.415. The van der Waals surface area contributed by atoms with E-state index < -0.39 is 22.7 Å². The second-order valence-corrected chi connectivity index (χ2v) is 6.58. The van der Waals surface area contributed by atoms with Crippen molar-refractivity contribution in [3.05, 3.63) is 27.8 Å². The van der Waals surface area contributed by atoms with Crippen LogP contribution >= 0.6 is 0 Å². The normalized spacial score (nSPS) is 17.7. The maximum Gasteiger partial charge on any atom is 0.346 e. The van der Waals surface area contributed by atoms with Crippen LogP contribution in [0.1, 0.15) is 24.2 Å². The van der Waals surface area contributed by atoms with Gasteiger partial charge in [0.15, 0.2) is 17.6 Å². The summed E-state index contributed by atoms with van der Waals surface area (Å²) in [4.78, 5) is 39.6. The van der Waals surface area contributed by atoms with Crippen LogP contribution in [0.25, 0.3) is 0 Å². The average Bonchev–Trinajstić information content (AvgIpc) is 2.72. The molecule has 3 rings (SSSR count). The molecular weight excluding hydrogens is 370 g/mol. The second-order valence-electron chi connectivity index (χ2n) is 6.58. The molecule has 2 aliphatic heterocycles. The highest BCUT2D eigenvalue weighted by atomic mass is 16.6. The highest BCUT2D eigenvalue weighted by molar-refractivity contribution is 5.96. The molecule has 2 aliphatic rings. The van der Waals surface area contributed by atoms with Crippen LogP contribution in [0.4, 0.5) is 5.69 Å². The van der Waals surface area contributed by atoms with Crippen LogP contribution in [0.3, 0.4) is 0 Å². The third-order valence-corrected chi connectivity index (χ3v) is 4.84. The first-order valence-corrected chi connectivity index (χ1v) is 9.21. The summed E-state index contributed by atoms with van der Waals surface area (Å²) in [6, 6.07) is 2.37. The maximum absolute atomic E-state index is 12.6. The van der Waals surface area contributed by atoms with Gasteiger partial charge in [0.1, 0.15) is 18.8 Å². The van der Waals surface area contributed by atoms with Gasteiger partial charge in [0.25, 0.3) is 11.6 Å². The SMILES string of the molecule is CCN1CCN(C(=O)[C@@H](C)OC(=O)c2cc3c(cc2[N+](=O)[O-])OCCO3)CC1. The van der Waals surface area contributed by atoms with E-state index in [2.05, 4.69) is 11.8 Å². The Kier molecular flexibility index (Phi) is 5.98. The minimum Gasteiger partial charge on any atom is -0.486 e. The third-order valence-electron chi connectivity index (χ3n) is 4.84. The van der Waals surface area contributed by atoms with Crippen molar-refractivity contribution in [2.24, 2.45) is 0 Å². The molecule has 1 fully saturated rings. The van der Waals surface area contributed by atoms with Crippen LogP contribution < -0.4 is 9.47 Å². The second kappa shape index (κ2) is 8.42. The summed E-state index contributed by atoms with van der Waals surface area (Å²) >= 11 is 0. The van der Waals surface area contributed by atoms with E-state index >= 15 is 0 Å². The monoisotopic (exact) mass is 393 g/mol. The number of nitrogens with zero attached hydrogens (tertiary/aromatic N) is 3. The number of carbonyl (C=O) groups is 2. The van der Waals surface area contributed by atoms with Gasteiger partial charge in [-0.15, -0.1) is 0 Å². The molecule has 0 aliphatic carbocycles. The van der Waals surface area contributed by atoms with Crippen LogP contribution in [0.15, 0.2) is 12.1 Å². The van der Waals surface area contributed by atoms with Gasteiger partial charge in [0.2, 0.25) is 0 Å². The minimum atomic E-state index is -1.05. The molecule has 0 saturated carbocycles. The van der Waals surface area contributed by atoms with E-state index in [-0.39, 0.29) is 36.2 Å². The van der Waals surface area contributed by atoms with E-state index in [1.807, 2.05) is 0 Å². The van der Waals surface area contributed by atoms with Crippen molar-refractivity contribution in [2.75, 3.05) is 45.9 Å². The van der Waals surface area contributed by atoms with E-state index in [0.29, 0.717) is 13.1 Å². The number of nitro benzene ring substituents is 1. The molecule has 152 valence electrons. The van der Waals surface area contributed by atoms with Gasteiger partial charge in [0.05, 0.1) is 11.0 Å². The molecule has 0 bridgehead atoms. The molecule has 10 heteroatoms. The average molecular weight is 393 g/mol. The van der Waals surface area contributed by atoms with E-state index in [0.717, 1.165) is 25.7 Å². The molecule has 1 amide bonds. The first-order valence-electron chi connectivity index (χ1n) is 9.21. The Bertz CT molecular complexity index is 775. The van der Waals surface area contributed by atoms with Gasteiger partial charge in [-0.1, -0.05) is 6.92 Å². The molecule has 2 heterocycles. The Morgan fingerprint density at radius 3 is 2.36 bits per heavy atom. The van der Waals surface area contributed by atoms with Gasteiger partial charge < -0.3 is 24.0 Å². The van der Waals surface area contributed by atoms with Crippen molar-refractivity contribution in [3.63, 3.8) is 0 Å². The number of likely N-dealkylation sites (N-methyl/N-ethyl adjacent to an activating group) is 1.